The fourth-order valence-corrected chi connectivity index (χ4v) is 2.58. The summed E-state index contributed by atoms with van der Waals surface area (Å²) < 4.78 is 15.6. The molecule has 0 saturated heterocycles. The quantitative estimate of drug-likeness (QED) is 0.507. The number of aromatic amines is 1. The summed E-state index contributed by atoms with van der Waals surface area (Å²) in [5.74, 6) is 1.74. The number of aromatic nitrogens is 2. The van der Waals surface area contributed by atoms with E-state index in [0.717, 1.165) is 22.7 Å². The molecule has 0 unspecified atom stereocenters. The lowest BCUT2D eigenvalue weighted by Gasteiger charge is -2.07. The number of carbonyl (C=O) groups is 1. The number of carbonyl (C=O) groups excluding carboxylic acids is 1. The number of rotatable bonds is 7. The molecule has 0 amide bonds. The third-order valence-electron chi connectivity index (χ3n) is 4.07. The largest absolute Gasteiger partial charge is 0.497 e. The highest BCUT2D eigenvalue weighted by Gasteiger charge is 2.09. The Morgan fingerprint density at radius 1 is 0.926 bits per heavy atom. The summed E-state index contributed by atoms with van der Waals surface area (Å²) in [6, 6.07) is 14.5. The number of ether oxygens (including phenoxy) is 3. The molecule has 2 aromatic carbocycles. The molecule has 6 heteroatoms. The molecule has 1 N–H and O–H groups in total. The first-order valence-electron chi connectivity index (χ1n) is 8.29. The average molecular weight is 364 g/mol. The van der Waals surface area contributed by atoms with Crippen LogP contribution in [-0.4, -0.2) is 37.3 Å². The highest BCUT2D eigenvalue weighted by atomic mass is 16.5. The second-order valence-corrected chi connectivity index (χ2v) is 5.70. The molecule has 3 rings (SSSR count). The van der Waals surface area contributed by atoms with Crippen LogP contribution >= 0.6 is 0 Å². The Kier molecular flexibility index (Phi) is 5.56. The summed E-state index contributed by atoms with van der Waals surface area (Å²) in [6.45, 7) is 0. The number of methoxy groups -OCH3 is 3. The van der Waals surface area contributed by atoms with Gasteiger partial charge >= 0.3 is 0 Å². The maximum atomic E-state index is 12.4. The monoisotopic (exact) mass is 364 g/mol. The van der Waals surface area contributed by atoms with Crippen LogP contribution < -0.4 is 14.2 Å². The first kappa shape index (κ1) is 18.3. The lowest BCUT2D eigenvalue weighted by Crippen LogP contribution is -1.97. The van der Waals surface area contributed by atoms with Crippen LogP contribution in [-0.2, 0) is 0 Å². The van der Waals surface area contributed by atoms with Gasteiger partial charge < -0.3 is 14.2 Å². The zero-order chi connectivity index (χ0) is 19.2. The Morgan fingerprint density at radius 2 is 1.67 bits per heavy atom. The Labute approximate surface area is 157 Å². The zero-order valence-corrected chi connectivity index (χ0v) is 15.4. The first-order valence-corrected chi connectivity index (χ1v) is 8.29. The van der Waals surface area contributed by atoms with Crippen molar-refractivity contribution in [3.8, 4) is 28.5 Å². The lowest BCUT2D eigenvalue weighted by molar-refractivity contribution is 0.104. The van der Waals surface area contributed by atoms with E-state index < -0.39 is 0 Å². The van der Waals surface area contributed by atoms with Crippen LogP contribution in [0.15, 0.2) is 54.6 Å². The van der Waals surface area contributed by atoms with Gasteiger partial charge in [-0.3, -0.25) is 9.89 Å². The molecule has 3 aromatic rings. The lowest BCUT2D eigenvalue weighted by atomic mass is 10.1. The minimum atomic E-state index is -0.142. The molecule has 1 aromatic heterocycles. The normalized spacial score (nSPS) is 10.8. The van der Waals surface area contributed by atoms with Crippen molar-refractivity contribution in [3.05, 3.63) is 65.9 Å². The molecule has 0 saturated carbocycles. The average Bonchev–Trinajstić information content (AvgIpc) is 3.20. The van der Waals surface area contributed by atoms with E-state index in [1.807, 2.05) is 30.3 Å². The third kappa shape index (κ3) is 4.17. The van der Waals surface area contributed by atoms with Gasteiger partial charge in [-0.05, 0) is 60.7 Å². The molecule has 0 spiro atoms. The molecule has 0 radical (unpaired) electrons. The van der Waals surface area contributed by atoms with E-state index in [-0.39, 0.29) is 5.78 Å². The zero-order valence-electron chi connectivity index (χ0n) is 15.4. The van der Waals surface area contributed by atoms with Gasteiger partial charge in [0.25, 0.3) is 0 Å². The molecule has 1 heterocycles. The van der Waals surface area contributed by atoms with Crippen LogP contribution in [0.2, 0.25) is 0 Å². The number of hydrogen-bond donors (Lipinski definition) is 1. The summed E-state index contributed by atoms with van der Waals surface area (Å²) in [5, 5.41) is 7.19. The van der Waals surface area contributed by atoms with Crippen molar-refractivity contribution in [2.24, 2.45) is 0 Å². The number of H-pyrrole nitrogens is 1. The summed E-state index contributed by atoms with van der Waals surface area (Å²) in [7, 11) is 4.72. The molecule has 138 valence electrons. The van der Waals surface area contributed by atoms with Crippen LogP contribution in [0.4, 0.5) is 0 Å². The number of allylic oxidation sites excluding steroid dienone is 1. The van der Waals surface area contributed by atoms with Crippen LogP contribution in [0.25, 0.3) is 17.3 Å². The number of ketones is 1. The van der Waals surface area contributed by atoms with Crippen molar-refractivity contribution >= 4 is 11.9 Å². The van der Waals surface area contributed by atoms with Gasteiger partial charge in [0.05, 0.1) is 32.7 Å². The van der Waals surface area contributed by atoms with Crippen molar-refractivity contribution in [2.75, 3.05) is 21.3 Å². The molecule has 0 aliphatic carbocycles. The standard InChI is InChI=1S/C21H20N2O4/c1-25-17-8-4-14(5-9-17)18-13-16(22-23-18)7-10-19(24)15-6-11-20(26-2)21(12-15)27-3/h4-13H,1-3H3,(H,22,23). The Bertz CT molecular complexity index is 959. The molecular formula is C21H20N2O4. The molecule has 6 nitrogen and oxygen atoms in total. The van der Waals surface area contributed by atoms with Gasteiger partial charge in [0.1, 0.15) is 5.75 Å². The van der Waals surface area contributed by atoms with E-state index in [4.69, 9.17) is 14.2 Å². The molecule has 27 heavy (non-hydrogen) atoms. The van der Waals surface area contributed by atoms with Gasteiger partial charge in [0.2, 0.25) is 0 Å². The molecule has 0 bridgehead atoms. The van der Waals surface area contributed by atoms with Crippen molar-refractivity contribution < 1.29 is 19.0 Å². The summed E-state index contributed by atoms with van der Waals surface area (Å²) >= 11 is 0. The van der Waals surface area contributed by atoms with E-state index >= 15 is 0 Å². The van der Waals surface area contributed by atoms with Crippen LogP contribution in [0, 0.1) is 0 Å². The Hall–Kier alpha value is -3.54. The number of nitrogens with one attached hydrogen (secondary N) is 1. The molecule has 0 aliphatic rings. The highest BCUT2D eigenvalue weighted by molar-refractivity contribution is 6.07. The van der Waals surface area contributed by atoms with Gasteiger partial charge in [-0.15, -0.1) is 0 Å². The molecule has 0 fully saturated rings. The topological polar surface area (TPSA) is 73.4 Å². The number of hydrogen-bond acceptors (Lipinski definition) is 5. The molecular weight excluding hydrogens is 344 g/mol. The SMILES string of the molecule is COc1ccc(-c2cc(C=CC(=O)c3ccc(OC)c(OC)c3)[nH]n2)cc1. The van der Waals surface area contributed by atoms with E-state index in [0.29, 0.717) is 17.1 Å². The van der Waals surface area contributed by atoms with Gasteiger partial charge in [0.15, 0.2) is 17.3 Å². The summed E-state index contributed by atoms with van der Waals surface area (Å²) in [5.41, 5.74) is 2.99. The smallest absolute Gasteiger partial charge is 0.186 e. The fourth-order valence-electron chi connectivity index (χ4n) is 2.58. The fraction of sp³-hybridized carbons (Fsp3) is 0.143. The van der Waals surface area contributed by atoms with Gasteiger partial charge in [-0.2, -0.15) is 5.10 Å². The van der Waals surface area contributed by atoms with E-state index in [1.54, 1.807) is 38.5 Å². The maximum absolute atomic E-state index is 12.4. The van der Waals surface area contributed by atoms with Crippen LogP contribution in [0.1, 0.15) is 16.1 Å². The van der Waals surface area contributed by atoms with Crippen molar-refractivity contribution in [1.82, 2.24) is 10.2 Å². The predicted octanol–water partition coefficient (Wildman–Crippen LogP) is 4.00. The predicted molar refractivity (Wildman–Crippen MR) is 103 cm³/mol. The van der Waals surface area contributed by atoms with Crippen LogP contribution in [0.3, 0.4) is 0 Å². The maximum Gasteiger partial charge on any atom is 0.186 e. The first-order chi connectivity index (χ1) is 13.1. The highest BCUT2D eigenvalue weighted by Crippen LogP contribution is 2.28. The van der Waals surface area contributed by atoms with Crippen molar-refractivity contribution in [1.29, 1.82) is 0 Å². The van der Waals surface area contributed by atoms with E-state index in [2.05, 4.69) is 10.2 Å². The molecule has 0 atom stereocenters. The number of nitrogens with zero attached hydrogens (tertiary/aromatic N) is 1. The minimum Gasteiger partial charge on any atom is -0.497 e. The second kappa shape index (κ2) is 8.23. The van der Waals surface area contributed by atoms with Crippen molar-refractivity contribution in [3.63, 3.8) is 0 Å². The van der Waals surface area contributed by atoms with Crippen LogP contribution in [0.5, 0.6) is 17.2 Å². The number of benzene rings is 2. The minimum absolute atomic E-state index is 0.142. The summed E-state index contributed by atoms with van der Waals surface area (Å²) in [4.78, 5) is 12.4. The van der Waals surface area contributed by atoms with E-state index in [9.17, 15) is 4.79 Å². The van der Waals surface area contributed by atoms with Gasteiger partial charge in [-0.25, -0.2) is 0 Å². The van der Waals surface area contributed by atoms with Crippen molar-refractivity contribution in [2.45, 2.75) is 0 Å². The molecule has 0 aliphatic heterocycles. The van der Waals surface area contributed by atoms with Gasteiger partial charge in [-0.1, -0.05) is 0 Å². The second-order valence-electron chi connectivity index (χ2n) is 5.70. The Balaban J connectivity index is 1.74. The Morgan fingerprint density at radius 3 is 2.33 bits per heavy atom. The van der Waals surface area contributed by atoms with E-state index in [1.165, 1.54) is 13.2 Å². The third-order valence-corrected chi connectivity index (χ3v) is 4.07. The van der Waals surface area contributed by atoms with Gasteiger partial charge in [0, 0.05) is 11.1 Å². The summed E-state index contributed by atoms with van der Waals surface area (Å²) in [6.07, 6.45) is 3.19.